The van der Waals surface area contributed by atoms with Gasteiger partial charge in [-0.3, -0.25) is 14.6 Å². The van der Waals surface area contributed by atoms with Gasteiger partial charge >= 0.3 is 0 Å². The Morgan fingerprint density at radius 2 is 1.86 bits per heavy atom. The fraction of sp³-hybridized carbons (Fsp3) is 0.524. The van der Waals surface area contributed by atoms with Crippen LogP contribution in [0.1, 0.15) is 25.6 Å². The van der Waals surface area contributed by atoms with Crippen molar-refractivity contribution in [3.8, 4) is 11.5 Å². The largest absolute Gasteiger partial charge is 0.454 e. The van der Waals surface area contributed by atoms with Gasteiger partial charge in [-0.25, -0.2) is 4.98 Å². The van der Waals surface area contributed by atoms with Gasteiger partial charge in [0.25, 0.3) is 0 Å². The van der Waals surface area contributed by atoms with Crippen molar-refractivity contribution in [3.05, 3.63) is 36.4 Å². The number of aromatic nitrogens is 2. The first-order chi connectivity index (χ1) is 14.1. The van der Waals surface area contributed by atoms with Crippen LogP contribution in [0.25, 0.3) is 0 Å². The fourth-order valence-electron chi connectivity index (χ4n) is 3.81. The smallest absolute Gasteiger partial charge is 0.238 e. The molecule has 0 aliphatic carbocycles. The molecule has 0 spiro atoms. The minimum Gasteiger partial charge on any atom is -0.454 e. The zero-order valence-corrected chi connectivity index (χ0v) is 17.1. The van der Waals surface area contributed by atoms with Crippen molar-refractivity contribution >= 4 is 11.6 Å². The maximum absolute atomic E-state index is 12.4. The molecule has 2 aliphatic rings. The molecule has 8 heteroatoms. The molecular weight excluding hydrogens is 370 g/mol. The predicted molar refractivity (Wildman–Crippen MR) is 110 cm³/mol. The predicted octanol–water partition coefficient (Wildman–Crippen LogP) is 1.99. The molecule has 156 valence electrons. The Morgan fingerprint density at radius 3 is 2.66 bits per heavy atom. The molecule has 0 unspecified atom stereocenters. The molecule has 0 bridgehead atoms. The summed E-state index contributed by atoms with van der Waals surface area (Å²) in [7, 11) is 0. The number of hydrogen-bond acceptors (Lipinski definition) is 6. The van der Waals surface area contributed by atoms with Crippen LogP contribution in [0, 0.1) is 0 Å². The summed E-state index contributed by atoms with van der Waals surface area (Å²) in [5.41, 5.74) is 0.735. The first-order valence-electron chi connectivity index (χ1n) is 10.2. The van der Waals surface area contributed by atoms with E-state index < -0.39 is 0 Å². The maximum Gasteiger partial charge on any atom is 0.238 e. The van der Waals surface area contributed by atoms with Gasteiger partial charge in [0.2, 0.25) is 12.7 Å². The van der Waals surface area contributed by atoms with E-state index in [9.17, 15) is 4.79 Å². The molecule has 1 saturated heterocycles. The zero-order chi connectivity index (χ0) is 20.2. The number of hydrogen-bond donors (Lipinski definition) is 1. The number of nitrogens with one attached hydrogen (secondary N) is 1. The van der Waals surface area contributed by atoms with Crippen LogP contribution in [0.5, 0.6) is 11.5 Å². The SMILES string of the molecule is CC(C)c1nccn1CCN1CCN(CC(=O)Nc2ccc3c(c2)OCO3)CC1. The summed E-state index contributed by atoms with van der Waals surface area (Å²) in [4.78, 5) is 21.5. The van der Waals surface area contributed by atoms with Crippen LogP contribution in [0.4, 0.5) is 5.69 Å². The second-order valence-electron chi connectivity index (χ2n) is 7.87. The van der Waals surface area contributed by atoms with Crippen LogP contribution in [0.15, 0.2) is 30.6 Å². The summed E-state index contributed by atoms with van der Waals surface area (Å²) >= 11 is 0. The molecule has 1 aromatic carbocycles. The van der Waals surface area contributed by atoms with E-state index in [0.29, 0.717) is 18.2 Å². The van der Waals surface area contributed by atoms with Gasteiger partial charge in [0.1, 0.15) is 5.82 Å². The highest BCUT2D eigenvalue weighted by atomic mass is 16.7. The maximum atomic E-state index is 12.4. The quantitative estimate of drug-likeness (QED) is 0.768. The molecule has 2 aromatic rings. The standard InChI is InChI=1S/C21H29N5O3/c1-16(2)21-22-5-6-26(21)12-11-24-7-9-25(10-8-24)14-20(27)23-17-3-4-18-19(13-17)29-15-28-18/h3-6,13,16H,7-12,14-15H2,1-2H3,(H,23,27). The average Bonchev–Trinajstić information content (AvgIpc) is 3.36. The summed E-state index contributed by atoms with van der Waals surface area (Å²) in [5.74, 6) is 2.97. The van der Waals surface area contributed by atoms with Crippen molar-refractivity contribution in [3.63, 3.8) is 0 Å². The number of fused-ring (bicyclic) bond motifs is 1. The molecule has 1 fully saturated rings. The van der Waals surface area contributed by atoms with Crippen LogP contribution in [-0.2, 0) is 11.3 Å². The van der Waals surface area contributed by atoms with E-state index in [1.54, 1.807) is 6.07 Å². The summed E-state index contributed by atoms with van der Waals surface area (Å²) in [6, 6.07) is 5.46. The van der Waals surface area contributed by atoms with Crippen molar-refractivity contribution in [2.24, 2.45) is 0 Å². The molecule has 0 radical (unpaired) electrons. The Morgan fingerprint density at radius 1 is 1.10 bits per heavy atom. The number of imidazole rings is 1. The van der Waals surface area contributed by atoms with Crippen molar-refractivity contribution in [1.82, 2.24) is 19.4 Å². The third-order valence-corrected chi connectivity index (χ3v) is 5.41. The molecule has 0 atom stereocenters. The van der Waals surface area contributed by atoms with Gasteiger partial charge in [0, 0.05) is 69.3 Å². The number of rotatable bonds is 7. The Kier molecular flexibility index (Phi) is 6.01. The van der Waals surface area contributed by atoms with Crippen molar-refractivity contribution < 1.29 is 14.3 Å². The van der Waals surface area contributed by atoms with E-state index in [4.69, 9.17) is 9.47 Å². The highest BCUT2D eigenvalue weighted by Gasteiger charge is 2.20. The van der Waals surface area contributed by atoms with Gasteiger partial charge in [0.05, 0.1) is 6.54 Å². The van der Waals surface area contributed by atoms with Gasteiger partial charge in [-0.15, -0.1) is 0 Å². The van der Waals surface area contributed by atoms with Gasteiger partial charge in [-0.1, -0.05) is 13.8 Å². The van der Waals surface area contributed by atoms with Crippen LogP contribution in [-0.4, -0.2) is 71.3 Å². The van der Waals surface area contributed by atoms with Crippen molar-refractivity contribution in [1.29, 1.82) is 0 Å². The monoisotopic (exact) mass is 399 g/mol. The van der Waals surface area contributed by atoms with Gasteiger partial charge in [-0.05, 0) is 12.1 Å². The number of amides is 1. The van der Waals surface area contributed by atoms with Crippen molar-refractivity contribution in [2.45, 2.75) is 26.3 Å². The molecule has 2 aliphatic heterocycles. The summed E-state index contributed by atoms with van der Waals surface area (Å²) in [6.45, 7) is 10.7. The van der Waals surface area contributed by atoms with Crippen LogP contribution >= 0.6 is 0 Å². The zero-order valence-electron chi connectivity index (χ0n) is 17.1. The lowest BCUT2D eigenvalue weighted by atomic mass is 10.2. The fourth-order valence-corrected chi connectivity index (χ4v) is 3.81. The second-order valence-corrected chi connectivity index (χ2v) is 7.87. The Hall–Kier alpha value is -2.58. The number of piperazine rings is 1. The number of nitrogens with zero attached hydrogens (tertiary/aromatic N) is 4. The molecular formula is C21H29N5O3. The molecule has 4 rings (SSSR count). The third-order valence-electron chi connectivity index (χ3n) is 5.41. The Balaban J connectivity index is 1.19. The molecule has 8 nitrogen and oxygen atoms in total. The molecule has 3 heterocycles. The van der Waals surface area contributed by atoms with Crippen LogP contribution in [0.2, 0.25) is 0 Å². The summed E-state index contributed by atoms with van der Waals surface area (Å²) < 4.78 is 12.9. The van der Waals surface area contributed by atoms with Gasteiger partial charge in [0.15, 0.2) is 11.5 Å². The summed E-state index contributed by atoms with van der Waals surface area (Å²) in [6.07, 6.45) is 3.94. The van der Waals surface area contributed by atoms with E-state index in [0.717, 1.165) is 56.5 Å². The van der Waals surface area contributed by atoms with E-state index in [2.05, 4.69) is 44.7 Å². The first kappa shape index (κ1) is 19.7. The van der Waals surface area contributed by atoms with E-state index in [-0.39, 0.29) is 12.7 Å². The van der Waals surface area contributed by atoms with E-state index >= 15 is 0 Å². The highest BCUT2D eigenvalue weighted by molar-refractivity contribution is 5.92. The first-order valence-corrected chi connectivity index (χ1v) is 10.2. The number of benzene rings is 1. The van der Waals surface area contributed by atoms with E-state index in [1.165, 1.54) is 0 Å². The van der Waals surface area contributed by atoms with E-state index in [1.807, 2.05) is 18.3 Å². The Bertz CT molecular complexity index is 843. The van der Waals surface area contributed by atoms with Crippen LogP contribution in [0.3, 0.4) is 0 Å². The number of carbonyl (C=O) groups excluding carboxylic acids is 1. The lowest BCUT2D eigenvalue weighted by Gasteiger charge is -2.34. The highest BCUT2D eigenvalue weighted by Crippen LogP contribution is 2.34. The normalized spacial score (nSPS) is 17.1. The van der Waals surface area contributed by atoms with Gasteiger partial charge in [-0.2, -0.15) is 0 Å². The minimum atomic E-state index is -0.00249. The van der Waals surface area contributed by atoms with Crippen LogP contribution < -0.4 is 14.8 Å². The average molecular weight is 399 g/mol. The molecule has 1 amide bonds. The topological polar surface area (TPSA) is 71.9 Å². The lowest BCUT2D eigenvalue weighted by Crippen LogP contribution is -2.49. The molecule has 1 aromatic heterocycles. The van der Waals surface area contributed by atoms with Gasteiger partial charge < -0.3 is 19.4 Å². The molecule has 29 heavy (non-hydrogen) atoms. The molecule has 0 saturated carbocycles. The lowest BCUT2D eigenvalue weighted by molar-refractivity contribution is -0.117. The minimum absolute atomic E-state index is 0.00249. The number of carbonyl (C=O) groups is 1. The second kappa shape index (κ2) is 8.84. The Labute approximate surface area is 171 Å². The summed E-state index contributed by atoms with van der Waals surface area (Å²) in [5, 5.41) is 2.95. The third kappa shape index (κ3) is 4.89. The van der Waals surface area contributed by atoms with Crippen molar-refractivity contribution in [2.75, 3.05) is 51.4 Å². The number of anilines is 1. The molecule has 1 N–H and O–H groups in total. The number of ether oxygens (including phenoxy) is 2.